The van der Waals surface area contributed by atoms with Gasteiger partial charge in [-0.05, 0) is 45.0 Å². The summed E-state index contributed by atoms with van der Waals surface area (Å²) in [7, 11) is 0. The summed E-state index contributed by atoms with van der Waals surface area (Å²) in [6, 6.07) is 10.0. The second-order valence-corrected chi connectivity index (χ2v) is 5.82. The molecule has 0 aliphatic carbocycles. The lowest BCUT2D eigenvalue weighted by molar-refractivity contribution is -0.149. The van der Waals surface area contributed by atoms with Crippen LogP contribution in [0.1, 0.15) is 32.0 Å². The van der Waals surface area contributed by atoms with Gasteiger partial charge in [0.1, 0.15) is 5.54 Å². The molecule has 4 nitrogen and oxygen atoms in total. The van der Waals surface area contributed by atoms with Gasteiger partial charge in [-0.3, -0.25) is 14.7 Å². The summed E-state index contributed by atoms with van der Waals surface area (Å²) in [6.07, 6.45) is 0. The number of nitrogens with zero attached hydrogens (tertiary/aromatic N) is 2. The average Bonchev–Trinajstić information content (AvgIpc) is 2.43. The smallest absolute Gasteiger partial charge is 0.323 e. The van der Waals surface area contributed by atoms with E-state index in [-0.39, 0.29) is 0 Å². The maximum absolute atomic E-state index is 11.5. The number of carbonyl (C=O) groups is 1. The van der Waals surface area contributed by atoms with Gasteiger partial charge in [-0.25, -0.2) is 0 Å². The number of benzene rings is 1. The van der Waals surface area contributed by atoms with Crippen LogP contribution >= 0.6 is 0 Å². The van der Waals surface area contributed by atoms with E-state index < -0.39 is 11.5 Å². The minimum Gasteiger partial charge on any atom is -0.480 e. The van der Waals surface area contributed by atoms with Crippen molar-refractivity contribution in [3.8, 4) is 0 Å². The lowest BCUT2D eigenvalue weighted by Crippen LogP contribution is -2.49. The molecule has 0 amide bonds. The molecule has 4 heteroatoms. The maximum atomic E-state index is 11.5. The van der Waals surface area contributed by atoms with Crippen molar-refractivity contribution in [2.75, 3.05) is 6.54 Å². The quantitative estimate of drug-likeness (QED) is 0.917. The third-order valence-electron chi connectivity index (χ3n) is 3.99. The fraction of sp³-hybridized carbons (Fsp3) is 0.412. The first-order chi connectivity index (χ1) is 9.86. The molecule has 0 unspecified atom stereocenters. The summed E-state index contributed by atoms with van der Waals surface area (Å²) in [5, 5.41) is 10.5. The number of carboxylic acid groups (broad SMARTS) is 1. The van der Waals surface area contributed by atoms with Crippen LogP contribution in [0.3, 0.4) is 0 Å². The highest BCUT2D eigenvalue weighted by Crippen LogP contribution is 2.23. The first-order valence-corrected chi connectivity index (χ1v) is 7.20. The van der Waals surface area contributed by atoms with Gasteiger partial charge in [-0.2, -0.15) is 0 Å². The third kappa shape index (κ3) is 3.05. The van der Waals surface area contributed by atoms with E-state index in [2.05, 4.69) is 4.98 Å². The molecular formula is C17H22N2O2. The zero-order valence-electron chi connectivity index (χ0n) is 13.1. The second-order valence-electron chi connectivity index (χ2n) is 5.82. The molecule has 1 N–H and O–H groups in total. The fourth-order valence-corrected chi connectivity index (χ4v) is 2.57. The minimum atomic E-state index is -0.896. The van der Waals surface area contributed by atoms with E-state index >= 15 is 0 Å². The van der Waals surface area contributed by atoms with Crippen molar-refractivity contribution in [3.05, 3.63) is 41.6 Å². The number of aromatic nitrogens is 1. The lowest BCUT2D eigenvalue weighted by Gasteiger charge is -2.34. The van der Waals surface area contributed by atoms with Crippen molar-refractivity contribution < 1.29 is 9.90 Å². The van der Waals surface area contributed by atoms with E-state index in [1.807, 2.05) is 49.1 Å². The summed E-state index contributed by atoms with van der Waals surface area (Å²) in [4.78, 5) is 18.0. The Morgan fingerprint density at radius 1 is 1.33 bits per heavy atom. The number of para-hydroxylation sites is 1. The van der Waals surface area contributed by atoms with Crippen molar-refractivity contribution in [2.45, 2.75) is 39.8 Å². The maximum Gasteiger partial charge on any atom is 0.323 e. The van der Waals surface area contributed by atoms with Crippen LogP contribution in [0.5, 0.6) is 0 Å². The second kappa shape index (κ2) is 5.82. The Kier molecular flexibility index (Phi) is 4.28. The van der Waals surface area contributed by atoms with E-state index in [0.29, 0.717) is 13.1 Å². The zero-order chi connectivity index (χ0) is 15.6. The number of rotatable bonds is 5. The van der Waals surface area contributed by atoms with Crippen molar-refractivity contribution in [2.24, 2.45) is 0 Å². The zero-order valence-corrected chi connectivity index (χ0v) is 13.1. The molecule has 0 saturated heterocycles. The van der Waals surface area contributed by atoms with Gasteiger partial charge >= 0.3 is 5.97 Å². The lowest BCUT2D eigenvalue weighted by atomic mass is 10.0. The standard InChI is InChI=1S/C17H22N2O2/c1-5-19(17(3,4)16(20)21)11-13-10-12(2)18-15-9-7-6-8-14(13)15/h6-10H,5,11H2,1-4H3,(H,20,21). The van der Waals surface area contributed by atoms with Crippen LogP contribution in [-0.2, 0) is 11.3 Å². The van der Waals surface area contributed by atoms with E-state index in [0.717, 1.165) is 22.2 Å². The molecule has 0 bridgehead atoms. The number of carboxylic acids is 1. The number of aryl methyl sites for hydroxylation is 1. The van der Waals surface area contributed by atoms with Crippen LogP contribution in [0.15, 0.2) is 30.3 Å². The molecule has 0 fully saturated rings. The molecule has 2 rings (SSSR count). The molecule has 1 aromatic heterocycles. The number of hydrogen-bond donors (Lipinski definition) is 1. The Morgan fingerprint density at radius 2 is 2.00 bits per heavy atom. The topological polar surface area (TPSA) is 53.4 Å². The Balaban J connectivity index is 2.45. The molecule has 2 aromatic rings. The SMILES string of the molecule is CCN(Cc1cc(C)nc2ccccc12)C(C)(C)C(=O)O. The van der Waals surface area contributed by atoms with Crippen molar-refractivity contribution in [1.82, 2.24) is 9.88 Å². The Labute approximate surface area is 125 Å². The Bertz CT molecular complexity index is 665. The van der Waals surface area contributed by atoms with E-state index in [1.165, 1.54) is 0 Å². The van der Waals surface area contributed by atoms with Gasteiger partial charge in [-0.1, -0.05) is 25.1 Å². The summed E-state index contributed by atoms with van der Waals surface area (Å²) in [5.41, 5.74) is 2.13. The first kappa shape index (κ1) is 15.4. The number of aliphatic carboxylic acids is 1. The predicted octanol–water partition coefficient (Wildman–Crippen LogP) is 3.23. The highest BCUT2D eigenvalue weighted by atomic mass is 16.4. The monoisotopic (exact) mass is 286 g/mol. The van der Waals surface area contributed by atoms with Gasteiger partial charge in [0.2, 0.25) is 0 Å². The fourth-order valence-electron chi connectivity index (χ4n) is 2.57. The summed E-state index contributed by atoms with van der Waals surface area (Å²) >= 11 is 0. The Morgan fingerprint density at radius 3 is 2.62 bits per heavy atom. The van der Waals surface area contributed by atoms with Gasteiger partial charge in [0.05, 0.1) is 5.52 Å². The van der Waals surface area contributed by atoms with Crippen molar-refractivity contribution in [3.63, 3.8) is 0 Å². The number of likely N-dealkylation sites (N-methyl/N-ethyl adjacent to an activating group) is 1. The van der Waals surface area contributed by atoms with Gasteiger partial charge < -0.3 is 5.11 Å². The third-order valence-corrected chi connectivity index (χ3v) is 3.99. The minimum absolute atomic E-state index is 0.597. The van der Waals surface area contributed by atoms with Crippen molar-refractivity contribution >= 4 is 16.9 Å². The highest BCUT2D eigenvalue weighted by Gasteiger charge is 2.33. The molecular weight excluding hydrogens is 264 g/mol. The Hall–Kier alpha value is -1.94. The molecule has 0 saturated carbocycles. The van der Waals surface area contributed by atoms with Crippen LogP contribution in [0.2, 0.25) is 0 Å². The molecule has 0 aliphatic rings. The summed E-state index contributed by atoms with van der Waals surface area (Å²) in [5.74, 6) is -0.806. The van der Waals surface area contributed by atoms with E-state index in [9.17, 15) is 9.90 Å². The first-order valence-electron chi connectivity index (χ1n) is 7.20. The average molecular weight is 286 g/mol. The van der Waals surface area contributed by atoms with E-state index in [1.54, 1.807) is 13.8 Å². The molecule has 0 spiro atoms. The largest absolute Gasteiger partial charge is 0.480 e. The number of fused-ring (bicyclic) bond motifs is 1. The number of pyridine rings is 1. The molecule has 1 heterocycles. The number of hydrogen-bond acceptors (Lipinski definition) is 3. The van der Waals surface area contributed by atoms with Crippen molar-refractivity contribution in [1.29, 1.82) is 0 Å². The van der Waals surface area contributed by atoms with Gasteiger partial charge in [0.15, 0.2) is 0 Å². The predicted molar refractivity (Wildman–Crippen MR) is 84.3 cm³/mol. The molecule has 0 atom stereocenters. The normalized spacial score (nSPS) is 12.0. The van der Waals surface area contributed by atoms with Crippen LogP contribution in [-0.4, -0.2) is 33.0 Å². The van der Waals surface area contributed by atoms with Crippen LogP contribution < -0.4 is 0 Å². The highest BCUT2D eigenvalue weighted by molar-refractivity contribution is 5.82. The molecule has 21 heavy (non-hydrogen) atoms. The molecule has 1 aromatic carbocycles. The molecule has 0 radical (unpaired) electrons. The summed E-state index contributed by atoms with van der Waals surface area (Å²) in [6.45, 7) is 8.72. The van der Waals surface area contributed by atoms with E-state index in [4.69, 9.17) is 0 Å². The van der Waals surface area contributed by atoms with Gasteiger partial charge in [0, 0.05) is 17.6 Å². The van der Waals surface area contributed by atoms with Crippen LogP contribution in [0, 0.1) is 6.92 Å². The molecule has 112 valence electrons. The summed E-state index contributed by atoms with van der Waals surface area (Å²) < 4.78 is 0. The van der Waals surface area contributed by atoms with Crippen LogP contribution in [0.25, 0.3) is 10.9 Å². The molecule has 0 aliphatic heterocycles. The van der Waals surface area contributed by atoms with Crippen LogP contribution in [0.4, 0.5) is 0 Å². The van der Waals surface area contributed by atoms with Gasteiger partial charge in [-0.15, -0.1) is 0 Å². The van der Waals surface area contributed by atoms with Gasteiger partial charge in [0.25, 0.3) is 0 Å².